The monoisotopic (exact) mass is 419 g/mol. The SMILES string of the molecule is O=C1[C@@H]2C[C@H](Br)[C@@H](Br)C[C@H]2C(=O)N1c1ccc(Cl)cc1. The highest BCUT2D eigenvalue weighted by molar-refractivity contribution is 9.12. The first kappa shape index (κ1) is 14.5. The topological polar surface area (TPSA) is 37.4 Å². The zero-order valence-electron chi connectivity index (χ0n) is 10.4. The van der Waals surface area contributed by atoms with Gasteiger partial charge >= 0.3 is 0 Å². The van der Waals surface area contributed by atoms with E-state index in [1.165, 1.54) is 4.90 Å². The zero-order chi connectivity index (χ0) is 14.4. The van der Waals surface area contributed by atoms with Crippen molar-refractivity contribution >= 4 is 61.0 Å². The van der Waals surface area contributed by atoms with Crippen LogP contribution in [-0.4, -0.2) is 21.5 Å². The van der Waals surface area contributed by atoms with Crippen LogP contribution in [0.2, 0.25) is 5.02 Å². The average Bonchev–Trinajstić information content (AvgIpc) is 2.65. The Morgan fingerprint density at radius 2 is 1.40 bits per heavy atom. The van der Waals surface area contributed by atoms with Gasteiger partial charge in [-0.25, -0.2) is 0 Å². The Kier molecular flexibility index (Phi) is 3.95. The van der Waals surface area contributed by atoms with Crippen molar-refractivity contribution in [1.82, 2.24) is 0 Å². The van der Waals surface area contributed by atoms with E-state index in [9.17, 15) is 9.59 Å². The molecule has 106 valence electrons. The van der Waals surface area contributed by atoms with E-state index >= 15 is 0 Å². The van der Waals surface area contributed by atoms with Gasteiger partial charge in [-0.3, -0.25) is 14.5 Å². The van der Waals surface area contributed by atoms with Gasteiger partial charge in [-0.1, -0.05) is 43.5 Å². The second kappa shape index (κ2) is 5.43. The fraction of sp³-hybridized carbons (Fsp3) is 0.429. The number of alkyl halides is 2. The molecule has 1 heterocycles. The van der Waals surface area contributed by atoms with E-state index in [1.54, 1.807) is 24.3 Å². The maximum atomic E-state index is 12.5. The molecule has 6 heteroatoms. The summed E-state index contributed by atoms with van der Waals surface area (Å²) in [5, 5.41) is 0.589. The van der Waals surface area contributed by atoms with Crippen molar-refractivity contribution in [3.8, 4) is 0 Å². The first-order chi connectivity index (χ1) is 9.49. The summed E-state index contributed by atoms with van der Waals surface area (Å²) in [6.45, 7) is 0. The summed E-state index contributed by atoms with van der Waals surface area (Å²) < 4.78 is 0. The number of rotatable bonds is 1. The number of imide groups is 1. The molecule has 2 amide bonds. The molecule has 3 nitrogen and oxygen atoms in total. The lowest BCUT2D eigenvalue weighted by molar-refractivity contribution is -0.122. The number of amides is 2. The number of hydrogen-bond donors (Lipinski definition) is 0. The predicted molar refractivity (Wildman–Crippen MR) is 85.6 cm³/mol. The van der Waals surface area contributed by atoms with Gasteiger partial charge in [0, 0.05) is 14.7 Å². The van der Waals surface area contributed by atoms with E-state index in [-0.39, 0.29) is 33.3 Å². The molecule has 1 aliphatic carbocycles. The molecule has 1 aromatic rings. The van der Waals surface area contributed by atoms with Crippen LogP contribution in [0.1, 0.15) is 12.8 Å². The van der Waals surface area contributed by atoms with E-state index < -0.39 is 0 Å². The van der Waals surface area contributed by atoms with Gasteiger partial charge in [0.1, 0.15) is 0 Å². The Morgan fingerprint density at radius 3 is 1.85 bits per heavy atom. The molecule has 20 heavy (non-hydrogen) atoms. The second-order valence-corrected chi connectivity index (χ2v) is 7.99. The van der Waals surface area contributed by atoms with E-state index in [1.807, 2.05) is 0 Å². The molecule has 4 atom stereocenters. The van der Waals surface area contributed by atoms with Crippen molar-refractivity contribution in [3.05, 3.63) is 29.3 Å². The molecular formula is C14H12Br2ClNO2. The van der Waals surface area contributed by atoms with Crippen LogP contribution in [0.5, 0.6) is 0 Å². The fourth-order valence-electron chi connectivity index (χ4n) is 2.94. The lowest BCUT2D eigenvalue weighted by Crippen LogP contribution is -2.34. The maximum absolute atomic E-state index is 12.5. The Labute approximate surface area is 138 Å². The summed E-state index contributed by atoms with van der Waals surface area (Å²) in [4.78, 5) is 26.8. The molecule has 1 saturated carbocycles. The number of fused-ring (bicyclic) bond motifs is 1. The highest BCUT2D eigenvalue weighted by Gasteiger charge is 2.52. The summed E-state index contributed by atoms with van der Waals surface area (Å²) in [7, 11) is 0. The average molecular weight is 422 g/mol. The summed E-state index contributed by atoms with van der Waals surface area (Å²) in [6, 6.07) is 6.82. The van der Waals surface area contributed by atoms with Crippen molar-refractivity contribution in [3.63, 3.8) is 0 Å². The minimum atomic E-state index is -0.212. The number of carbonyl (C=O) groups is 2. The third-order valence-electron chi connectivity index (χ3n) is 4.00. The van der Waals surface area contributed by atoms with Crippen LogP contribution in [0.4, 0.5) is 5.69 Å². The van der Waals surface area contributed by atoms with Crippen molar-refractivity contribution < 1.29 is 9.59 Å². The molecule has 2 aliphatic rings. The van der Waals surface area contributed by atoms with Gasteiger partial charge < -0.3 is 0 Å². The first-order valence-corrected chi connectivity index (χ1v) is 8.61. The Hall–Kier alpha value is -0.390. The molecule has 3 rings (SSSR count). The number of benzene rings is 1. The zero-order valence-corrected chi connectivity index (χ0v) is 14.4. The third kappa shape index (κ3) is 2.34. The maximum Gasteiger partial charge on any atom is 0.237 e. The van der Waals surface area contributed by atoms with Gasteiger partial charge in [-0.15, -0.1) is 0 Å². The van der Waals surface area contributed by atoms with Gasteiger partial charge in [0.2, 0.25) is 11.8 Å². The number of nitrogens with zero attached hydrogens (tertiary/aromatic N) is 1. The first-order valence-electron chi connectivity index (χ1n) is 6.40. The highest BCUT2D eigenvalue weighted by atomic mass is 79.9. The standard InChI is InChI=1S/C14H12Br2ClNO2/c15-11-5-9-10(6-12(11)16)14(20)18(13(9)19)8-3-1-7(17)2-4-8/h1-4,9-12H,5-6H2/t9-,10-,11+,12+/m1/s1. The molecule has 1 saturated heterocycles. The van der Waals surface area contributed by atoms with Crippen LogP contribution in [0.3, 0.4) is 0 Å². The quantitative estimate of drug-likeness (QED) is 0.511. The Bertz CT molecular complexity index is 535. The molecular weight excluding hydrogens is 409 g/mol. The van der Waals surface area contributed by atoms with E-state index in [0.29, 0.717) is 23.6 Å². The van der Waals surface area contributed by atoms with Crippen LogP contribution in [0.15, 0.2) is 24.3 Å². The van der Waals surface area contributed by atoms with Crippen molar-refractivity contribution in [2.24, 2.45) is 11.8 Å². The minimum absolute atomic E-state index is 0.0915. The van der Waals surface area contributed by atoms with Crippen LogP contribution in [0, 0.1) is 11.8 Å². The molecule has 0 bridgehead atoms. The van der Waals surface area contributed by atoms with Gasteiger partial charge in [-0.2, -0.15) is 0 Å². The van der Waals surface area contributed by atoms with E-state index in [4.69, 9.17) is 11.6 Å². The lowest BCUT2D eigenvalue weighted by Gasteiger charge is -2.29. The summed E-state index contributed by atoms with van der Waals surface area (Å²) in [5.74, 6) is -0.606. The van der Waals surface area contributed by atoms with Crippen LogP contribution in [-0.2, 0) is 9.59 Å². The normalized spacial score (nSPS) is 33.5. The Balaban J connectivity index is 1.93. The number of halogens is 3. The van der Waals surface area contributed by atoms with Crippen molar-refractivity contribution in [1.29, 1.82) is 0 Å². The third-order valence-corrected chi connectivity index (χ3v) is 6.98. The summed E-state index contributed by atoms with van der Waals surface area (Å²) in [6.07, 6.45) is 1.38. The number of carbonyl (C=O) groups excluding carboxylic acids is 2. The van der Waals surface area contributed by atoms with Crippen molar-refractivity contribution in [2.45, 2.75) is 22.5 Å². The van der Waals surface area contributed by atoms with E-state index in [0.717, 1.165) is 0 Å². The van der Waals surface area contributed by atoms with Gasteiger partial charge in [0.25, 0.3) is 0 Å². The molecule has 0 aromatic heterocycles. The molecule has 2 fully saturated rings. The molecule has 0 spiro atoms. The van der Waals surface area contributed by atoms with Crippen LogP contribution >= 0.6 is 43.5 Å². The fourth-order valence-corrected chi connectivity index (χ4v) is 4.30. The number of anilines is 1. The molecule has 0 unspecified atom stereocenters. The minimum Gasteiger partial charge on any atom is -0.274 e. The summed E-state index contributed by atoms with van der Waals surface area (Å²) in [5.41, 5.74) is 0.607. The summed E-state index contributed by atoms with van der Waals surface area (Å²) >= 11 is 13.0. The Morgan fingerprint density at radius 1 is 0.950 bits per heavy atom. The van der Waals surface area contributed by atoms with Gasteiger partial charge in [0.15, 0.2) is 0 Å². The number of hydrogen-bond acceptors (Lipinski definition) is 2. The molecule has 1 aliphatic heterocycles. The molecule has 1 aromatic carbocycles. The van der Waals surface area contributed by atoms with E-state index in [2.05, 4.69) is 31.9 Å². The highest BCUT2D eigenvalue weighted by Crippen LogP contribution is 2.44. The van der Waals surface area contributed by atoms with Crippen LogP contribution < -0.4 is 4.90 Å². The lowest BCUT2D eigenvalue weighted by atomic mass is 9.81. The largest absolute Gasteiger partial charge is 0.274 e. The molecule has 0 radical (unpaired) electrons. The van der Waals surface area contributed by atoms with Crippen molar-refractivity contribution in [2.75, 3.05) is 4.90 Å². The van der Waals surface area contributed by atoms with Gasteiger partial charge in [-0.05, 0) is 37.1 Å². The second-order valence-electron chi connectivity index (χ2n) is 5.20. The predicted octanol–water partition coefficient (Wildman–Crippen LogP) is 3.77. The van der Waals surface area contributed by atoms with Crippen LogP contribution in [0.25, 0.3) is 0 Å². The van der Waals surface area contributed by atoms with Gasteiger partial charge in [0.05, 0.1) is 17.5 Å². The smallest absolute Gasteiger partial charge is 0.237 e. The molecule has 0 N–H and O–H groups in total.